The second kappa shape index (κ2) is 9.12. The van der Waals surface area contributed by atoms with Crippen molar-refractivity contribution in [3.05, 3.63) is 23.8 Å². The average Bonchev–Trinajstić information content (AvgIpc) is 3.07. The number of carboxylic acid groups (broad SMARTS) is 1. The summed E-state index contributed by atoms with van der Waals surface area (Å²) < 4.78 is 16.1. The summed E-state index contributed by atoms with van der Waals surface area (Å²) in [4.78, 5) is 22.8. The van der Waals surface area contributed by atoms with Crippen LogP contribution in [0.4, 0.5) is 0 Å². The van der Waals surface area contributed by atoms with Crippen molar-refractivity contribution in [2.24, 2.45) is 0 Å². The van der Waals surface area contributed by atoms with Crippen LogP contribution in [0.15, 0.2) is 18.2 Å². The second-order valence-electron chi connectivity index (χ2n) is 5.46. The van der Waals surface area contributed by atoms with Gasteiger partial charge in [0, 0.05) is 18.7 Å². The van der Waals surface area contributed by atoms with E-state index in [1.807, 2.05) is 0 Å². The Hall–Kier alpha value is -2.28. The predicted octanol–water partition coefficient (Wildman–Crippen LogP) is 1.85. The van der Waals surface area contributed by atoms with Crippen molar-refractivity contribution in [3.63, 3.8) is 0 Å². The molecule has 1 amide bonds. The van der Waals surface area contributed by atoms with E-state index in [1.54, 1.807) is 25.1 Å². The average molecular weight is 337 g/mol. The summed E-state index contributed by atoms with van der Waals surface area (Å²) in [6.45, 7) is 3.06. The first-order valence-corrected chi connectivity index (χ1v) is 8.11. The van der Waals surface area contributed by atoms with Crippen molar-refractivity contribution >= 4 is 11.9 Å². The highest BCUT2D eigenvalue weighted by atomic mass is 16.5. The zero-order valence-electron chi connectivity index (χ0n) is 13.7. The van der Waals surface area contributed by atoms with Crippen molar-refractivity contribution < 1.29 is 28.9 Å². The highest BCUT2D eigenvalue weighted by Gasteiger charge is 2.16. The van der Waals surface area contributed by atoms with Gasteiger partial charge < -0.3 is 24.6 Å². The van der Waals surface area contributed by atoms with Crippen molar-refractivity contribution in [1.82, 2.24) is 5.32 Å². The number of benzene rings is 1. The lowest BCUT2D eigenvalue weighted by atomic mass is 10.1. The molecule has 1 atom stereocenters. The summed E-state index contributed by atoms with van der Waals surface area (Å²) in [5, 5.41) is 11.5. The van der Waals surface area contributed by atoms with Gasteiger partial charge in [0.25, 0.3) is 5.91 Å². The van der Waals surface area contributed by atoms with Gasteiger partial charge in [-0.05, 0) is 44.4 Å². The van der Waals surface area contributed by atoms with Gasteiger partial charge in [-0.2, -0.15) is 0 Å². The van der Waals surface area contributed by atoms with Crippen LogP contribution < -0.4 is 14.8 Å². The molecule has 0 aliphatic carbocycles. The maximum atomic E-state index is 12.2. The molecule has 7 heteroatoms. The molecule has 0 spiro atoms. The Morgan fingerprint density at radius 3 is 2.83 bits per heavy atom. The molecule has 1 aliphatic heterocycles. The lowest BCUT2D eigenvalue weighted by molar-refractivity contribution is -0.139. The van der Waals surface area contributed by atoms with Crippen LogP contribution in [0.3, 0.4) is 0 Å². The third kappa shape index (κ3) is 5.42. The molecule has 24 heavy (non-hydrogen) atoms. The lowest BCUT2D eigenvalue weighted by Crippen LogP contribution is -2.27. The molecule has 1 aliphatic rings. The normalized spacial score (nSPS) is 16.6. The number of ether oxygens (including phenoxy) is 3. The van der Waals surface area contributed by atoms with Gasteiger partial charge in [-0.25, -0.2) is 4.79 Å². The van der Waals surface area contributed by atoms with E-state index in [1.165, 1.54) is 0 Å². The van der Waals surface area contributed by atoms with E-state index in [0.717, 1.165) is 25.9 Å². The quantitative estimate of drug-likeness (QED) is 0.714. The van der Waals surface area contributed by atoms with Gasteiger partial charge in [-0.1, -0.05) is 0 Å². The van der Waals surface area contributed by atoms with Crippen LogP contribution in [0.2, 0.25) is 0 Å². The first-order valence-electron chi connectivity index (χ1n) is 8.11. The minimum absolute atomic E-state index is 0.210. The van der Waals surface area contributed by atoms with E-state index in [0.29, 0.717) is 30.2 Å². The monoisotopic (exact) mass is 337 g/mol. The van der Waals surface area contributed by atoms with Gasteiger partial charge in [0.1, 0.15) is 0 Å². The smallest absolute Gasteiger partial charge is 0.341 e. The largest absolute Gasteiger partial charge is 0.490 e. The van der Waals surface area contributed by atoms with E-state index in [9.17, 15) is 9.59 Å². The Bertz CT molecular complexity index is 568. The molecule has 132 valence electrons. The van der Waals surface area contributed by atoms with E-state index in [-0.39, 0.29) is 12.0 Å². The van der Waals surface area contributed by atoms with Crippen molar-refractivity contribution in [2.45, 2.75) is 32.3 Å². The van der Waals surface area contributed by atoms with Gasteiger partial charge in [0.05, 0.1) is 12.7 Å². The summed E-state index contributed by atoms with van der Waals surface area (Å²) in [6, 6.07) is 4.69. The number of carbonyl (C=O) groups excluding carboxylic acids is 1. The first-order chi connectivity index (χ1) is 11.6. The minimum Gasteiger partial charge on any atom is -0.490 e. The highest BCUT2D eigenvalue weighted by molar-refractivity contribution is 5.94. The molecule has 0 bridgehead atoms. The molecular weight excluding hydrogens is 314 g/mol. The van der Waals surface area contributed by atoms with E-state index >= 15 is 0 Å². The second-order valence-corrected chi connectivity index (χ2v) is 5.46. The molecule has 1 aromatic carbocycles. The number of rotatable bonds is 9. The van der Waals surface area contributed by atoms with Crippen molar-refractivity contribution in [3.8, 4) is 11.5 Å². The number of nitrogens with one attached hydrogen (secondary N) is 1. The van der Waals surface area contributed by atoms with Gasteiger partial charge in [-0.15, -0.1) is 0 Å². The fraction of sp³-hybridized carbons (Fsp3) is 0.529. The summed E-state index contributed by atoms with van der Waals surface area (Å²) in [7, 11) is 0. The Balaban J connectivity index is 1.93. The molecule has 1 aromatic rings. The number of carboxylic acids is 1. The zero-order valence-corrected chi connectivity index (χ0v) is 13.7. The number of amides is 1. The maximum absolute atomic E-state index is 12.2. The van der Waals surface area contributed by atoms with Crippen LogP contribution in [0.25, 0.3) is 0 Å². The third-order valence-corrected chi connectivity index (χ3v) is 3.63. The van der Waals surface area contributed by atoms with E-state index in [2.05, 4.69) is 5.32 Å². The Morgan fingerprint density at radius 1 is 1.33 bits per heavy atom. The van der Waals surface area contributed by atoms with E-state index in [4.69, 9.17) is 19.3 Å². The highest BCUT2D eigenvalue weighted by Crippen LogP contribution is 2.28. The van der Waals surface area contributed by atoms with Gasteiger partial charge in [0.2, 0.25) is 0 Å². The molecule has 1 heterocycles. The van der Waals surface area contributed by atoms with Gasteiger partial charge >= 0.3 is 5.97 Å². The summed E-state index contributed by atoms with van der Waals surface area (Å²) in [6.07, 6.45) is 3.15. The van der Waals surface area contributed by atoms with Crippen molar-refractivity contribution in [1.29, 1.82) is 0 Å². The molecule has 2 N–H and O–H groups in total. The van der Waals surface area contributed by atoms with Crippen molar-refractivity contribution in [2.75, 3.05) is 26.4 Å². The lowest BCUT2D eigenvalue weighted by Gasteiger charge is -2.13. The molecule has 1 fully saturated rings. The standard InChI is InChI=1S/C17H23NO6/c1-2-22-15-10-12(5-6-14(15)24-11-16(19)20)17(21)18-8-7-13-4-3-9-23-13/h5-6,10,13H,2-4,7-9,11H2,1H3,(H,18,21)(H,19,20)/t13-/m1/s1. The minimum atomic E-state index is -1.08. The van der Waals surface area contributed by atoms with Crippen LogP contribution in [0.5, 0.6) is 11.5 Å². The molecule has 1 saturated heterocycles. The fourth-order valence-electron chi connectivity index (χ4n) is 2.50. The van der Waals surface area contributed by atoms with Gasteiger partial charge in [0.15, 0.2) is 18.1 Å². The summed E-state index contributed by atoms with van der Waals surface area (Å²) in [5.74, 6) is -0.632. The molecule has 0 saturated carbocycles. The zero-order chi connectivity index (χ0) is 17.4. The van der Waals surface area contributed by atoms with Crippen LogP contribution in [-0.2, 0) is 9.53 Å². The van der Waals surface area contributed by atoms with Crippen LogP contribution >= 0.6 is 0 Å². The molecule has 0 unspecified atom stereocenters. The Labute approximate surface area is 140 Å². The molecule has 2 rings (SSSR count). The summed E-state index contributed by atoms with van der Waals surface area (Å²) >= 11 is 0. The van der Waals surface area contributed by atoms with Crippen LogP contribution in [0.1, 0.15) is 36.5 Å². The Morgan fingerprint density at radius 2 is 2.17 bits per heavy atom. The number of hydrogen-bond donors (Lipinski definition) is 2. The SMILES string of the molecule is CCOc1cc(C(=O)NCC[C@H]2CCCO2)ccc1OCC(=O)O. The third-order valence-electron chi connectivity index (χ3n) is 3.63. The molecule has 7 nitrogen and oxygen atoms in total. The van der Waals surface area contributed by atoms with E-state index < -0.39 is 12.6 Å². The number of hydrogen-bond acceptors (Lipinski definition) is 5. The predicted molar refractivity (Wildman–Crippen MR) is 86.7 cm³/mol. The first kappa shape index (κ1) is 18.1. The summed E-state index contributed by atoms with van der Waals surface area (Å²) in [5.41, 5.74) is 0.438. The Kier molecular flexibility index (Phi) is 6.87. The van der Waals surface area contributed by atoms with Crippen LogP contribution in [0, 0.1) is 0 Å². The number of aliphatic carboxylic acids is 1. The molecular formula is C17H23NO6. The van der Waals surface area contributed by atoms with Gasteiger partial charge in [-0.3, -0.25) is 4.79 Å². The number of carbonyl (C=O) groups is 2. The molecule has 0 aromatic heterocycles. The maximum Gasteiger partial charge on any atom is 0.341 e. The molecule has 0 radical (unpaired) electrons. The fourth-order valence-corrected chi connectivity index (χ4v) is 2.50. The topological polar surface area (TPSA) is 94.1 Å². The van der Waals surface area contributed by atoms with Crippen LogP contribution in [-0.4, -0.2) is 49.5 Å².